The molecular formula is C22H23NO2. The summed E-state index contributed by atoms with van der Waals surface area (Å²) in [6.45, 7) is 2.56. The summed E-state index contributed by atoms with van der Waals surface area (Å²) in [6, 6.07) is 24.2. The second-order valence-electron chi connectivity index (χ2n) is 6.16. The van der Waals surface area contributed by atoms with Crippen molar-refractivity contribution in [3.63, 3.8) is 0 Å². The maximum Gasteiger partial charge on any atom is 0.220 e. The van der Waals surface area contributed by atoms with Crippen LogP contribution in [0.1, 0.15) is 31.4 Å². The van der Waals surface area contributed by atoms with Crippen LogP contribution in [0, 0.1) is 0 Å². The van der Waals surface area contributed by atoms with E-state index in [1.165, 1.54) is 10.8 Å². The van der Waals surface area contributed by atoms with Gasteiger partial charge >= 0.3 is 0 Å². The fraction of sp³-hybridized carbons (Fsp3) is 0.227. The number of rotatable bonds is 7. The standard InChI is InChI=1S/C22H23NO2/c1-17(19-14-13-18-8-5-6-9-20(18)16-19)23-22(24)12-7-15-25-21-10-3-2-4-11-21/h2-6,8-11,13-14,16-17H,7,12,15H2,1H3,(H,23,24). The first-order valence-electron chi connectivity index (χ1n) is 8.68. The lowest BCUT2D eigenvalue weighted by molar-refractivity contribution is -0.121. The van der Waals surface area contributed by atoms with E-state index in [4.69, 9.17) is 4.74 Å². The van der Waals surface area contributed by atoms with Gasteiger partial charge in [0, 0.05) is 6.42 Å². The second kappa shape index (κ2) is 8.34. The van der Waals surface area contributed by atoms with Gasteiger partial charge in [-0.2, -0.15) is 0 Å². The van der Waals surface area contributed by atoms with Gasteiger partial charge in [0.25, 0.3) is 0 Å². The molecule has 1 amide bonds. The third-order valence-corrected chi connectivity index (χ3v) is 4.21. The molecule has 1 atom stereocenters. The molecule has 0 saturated carbocycles. The van der Waals surface area contributed by atoms with Crippen molar-refractivity contribution >= 4 is 16.7 Å². The van der Waals surface area contributed by atoms with Crippen molar-refractivity contribution in [2.75, 3.05) is 6.61 Å². The fourth-order valence-corrected chi connectivity index (χ4v) is 2.81. The highest BCUT2D eigenvalue weighted by Crippen LogP contribution is 2.20. The zero-order chi connectivity index (χ0) is 17.5. The van der Waals surface area contributed by atoms with E-state index in [-0.39, 0.29) is 11.9 Å². The van der Waals surface area contributed by atoms with E-state index in [2.05, 4.69) is 35.6 Å². The van der Waals surface area contributed by atoms with E-state index in [1.54, 1.807) is 0 Å². The largest absolute Gasteiger partial charge is 0.494 e. The van der Waals surface area contributed by atoms with Crippen molar-refractivity contribution in [1.29, 1.82) is 0 Å². The van der Waals surface area contributed by atoms with E-state index < -0.39 is 0 Å². The van der Waals surface area contributed by atoms with Crippen LogP contribution in [0.3, 0.4) is 0 Å². The molecule has 0 aliphatic heterocycles. The van der Waals surface area contributed by atoms with Crippen LogP contribution in [0.2, 0.25) is 0 Å². The topological polar surface area (TPSA) is 38.3 Å². The Hall–Kier alpha value is -2.81. The average Bonchev–Trinajstić information content (AvgIpc) is 2.65. The third-order valence-electron chi connectivity index (χ3n) is 4.21. The highest BCUT2D eigenvalue weighted by Gasteiger charge is 2.10. The number of carbonyl (C=O) groups excluding carboxylic acids is 1. The molecule has 1 unspecified atom stereocenters. The van der Waals surface area contributed by atoms with Crippen molar-refractivity contribution in [2.45, 2.75) is 25.8 Å². The van der Waals surface area contributed by atoms with E-state index >= 15 is 0 Å². The summed E-state index contributed by atoms with van der Waals surface area (Å²) in [5.41, 5.74) is 1.12. The van der Waals surface area contributed by atoms with Crippen LogP contribution in [0.15, 0.2) is 72.8 Å². The van der Waals surface area contributed by atoms with Gasteiger partial charge in [-0.05, 0) is 47.9 Å². The Morgan fingerprint density at radius 3 is 2.48 bits per heavy atom. The lowest BCUT2D eigenvalue weighted by Gasteiger charge is -2.15. The number of carbonyl (C=O) groups is 1. The molecule has 0 aliphatic rings. The number of nitrogens with one attached hydrogen (secondary N) is 1. The molecule has 3 rings (SSSR count). The summed E-state index contributed by atoms with van der Waals surface area (Å²) >= 11 is 0. The van der Waals surface area contributed by atoms with Crippen molar-refractivity contribution in [3.8, 4) is 5.75 Å². The molecule has 0 fully saturated rings. The zero-order valence-corrected chi connectivity index (χ0v) is 14.4. The Labute approximate surface area is 148 Å². The van der Waals surface area contributed by atoms with Gasteiger partial charge in [-0.25, -0.2) is 0 Å². The summed E-state index contributed by atoms with van der Waals surface area (Å²) in [6.07, 6.45) is 1.16. The molecular weight excluding hydrogens is 310 g/mol. The van der Waals surface area contributed by atoms with Crippen LogP contribution in [-0.4, -0.2) is 12.5 Å². The van der Waals surface area contributed by atoms with Crippen LogP contribution in [0.4, 0.5) is 0 Å². The first-order chi connectivity index (χ1) is 12.2. The molecule has 0 bridgehead atoms. The summed E-state index contributed by atoms with van der Waals surface area (Å²) in [4.78, 5) is 12.1. The molecule has 128 valence electrons. The van der Waals surface area contributed by atoms with Crippen LogP contribution in [0.25, 0.3) is 10.8 Å². The molecule has 0 radical (unpaired) electrons. The maximum atomic E-state index is 12.1. The first-order valence-corrected chi connectivity index (χ1v) is 8.68. The molecule has 3 aromatic carbocycles. The highest BCUT2D eigenvalue weighted by atomic mass is 16.5. The molecule has 25 heavy (non-hydrogen) atoms. The Morgan fingerprint density at radius 1 is 0.960 bits per heavy atom. The predicted octanol–water partition coefficient (Wildman–Crippen LogP) is 4.88. The summed E-state index contributed by atoms with van der Waals surface area (Å²) in [7, 11) is 0. The van der Waals surface area contributed by atoms with E-state index in [9.17, 15) is 4.79 Å². The predicted molar refractivity (Wildman–Crippen MR) is 102 cm³/mol. The average molecular weight is 333 g/mol. The molecule has 0 heterocycles. The summed E-state index contributed by atoms with van der Waals surface area (Å²) < 4.78 is 5.61. The highest BCUT2D eigenvalue weighted by molar-refractivity contribution is 5.83. The molecule has 0 aliphatic carbocycles. The molecule has 0 saturated heterocycles. The number of hydrogen-bond donors (Lipinski definition) is 1. The molecule has 0 aromatic heterocycles. The normalized spacial score (nSPS) is 11.9. The molecule has 1 N–H and O–H groups in total. The number of fused-ring (bicyclic) bond motifs is 1. The minimum absolute atomic E-state index is 0.00727. The maximum absolute atomic E-state index is 12.1. The van der Waals surface area contributed by atoms with Gasteiger partial charge in [0.05, 0.1) is 12.6 Å². The van der Waals surface area contributed by atoms with Gasteiger partial charge in [-0.3, -0.25) is 4.79 Å². The number of hydrogen-bond acceptors (Lipinski definition) is 2. The monoisotopic (exact) mass is 333 g/mol. The second-order valence-corrected chi connectivity index (χ2v) is 6.16. The quantitative estimate of drug-likeness (QED) is 0.626. The first kappa shape index (κ1) is 17.0. The summed E-state index contributed by atoms with van der Waals surface area (Å²) in [5.74, 6) is 0.893. The van der Waals surface area contributed by atoms with Gasteiger partial charge in [-0.15, -0.1) is 0 Å². The minimum Gasteiger partial charge on any atom is -0.494 e. The Morgan fingerprint density at radius 2 is 1.68 bits per heavy atom. The zero-order valence-electron chi connectivity index (χ0n) is 14.4. The number of amides is 1. The fourth-order valence-electron chi connectivity index (χ4n) is 2.81. The lowest BCUT2D eigenvalue weighted by atomic mass is 10.0. The smallest absolute Gasteiger partial charge is 0.220 e. The van der Waals surface area contributed by atoms with Gasteiger partial charge in [0.1, 0.15) is 5.75 Å². The van der Waals surface area contributed by atoms with Gasteiger partial charge in [0.2, 0.25) is 5.91 Å². The molecule has 3 heteroatoms. The van der Waals surface area contributed by atoms with Crippen LogP contribution < -0.4 is 10.1 Å². The lowest BCUT2D eigenvalue weighted by Crippen LogP contribution is -2.26. The number of ether oxygens (including phenoxy) is 1. The van der Waals surface area contributed by atoms with Crippen molar-refractivity contribution in [1.82, 2.24) is 5.32 Å². The van der Waals surface area contributed by atoms with Gasteiger partial charge in [0.15, 0.2) is 0 Å². The summed E-state index contributed by atoms with van der Waals surface area (Å²) in [5, 5.41) is 5.47. The molecule has 3 nitrogen and oxygen atoms in total. The Kier molecular flexibility index (Phi) is 5.68. The number of para-hydroxylation sites is 1. The van der Waals surface area contributed by atoms with E-state index in [0.717, 1.165) is 11.3 Å². The van der Waals surface area contributed by atoms with Crippen molar-refractivity contribution in [3.05, 3.63) is 78.4 Å². The van der Waals surface area contributed by atoms with Crippen molar-refractivity contribution in [2.24, 2.45) is 0 Å². The number of benzene rings is 3. The van der Waals surface area contributed by atoms with Crippen molar-refractivity contribution < 1.29 is 9.53 Å². The van der Waals surface area contributed by atoms with E-state index in [1.807, 2.05) is 49.4 Å². The van der Waals surface area contributed by atoms with Crippen LogP contribution >= 0.6 is 0 Å². The van der Waals surface area contributed by atoms with Crippen LogP contribution in [-0.2, 0) is 4.79 Å². The SMILES string of the molecule is CC(NC(=O)CCCOc1ccccc1)c1ccc2ccccc2c1. The Balaban J connectivity index is 1.46. The molecule has 0 spiro atoms. The third kappa shape index (κ3) is 4.83. The van der Waals surface area contributed by atoms with Gasteiger partial charge < -0.3 is 10.1 Å². The van der Waals surface area contributed by atoms with E-state index in [0.29, 0.717) is 19.4 Å². The Bertz CT molecular complexity index is 830. The molecule has 3 aromatic rings. The van der Waals surface area contributed by atoms with Crippen LogP contribution in [0.5, 0.6) is 5.75 Å². The minimum atomic E-state index is -0.00727. The van der Waals surface area contributed by atoms with Gasteiger partial charge in [-0.1, -0.05) is 54.6 Å².